The number of aromatic nitrogens is 1. The highest BCUT2D eigenvalue weighted by atomic mass is 16.5. The van der Waals surface area contributed by atoms with Crippen molar-refractivity contribution in [1.82, 2.24) is 15.0 Å². The van der Waals surface area contributed by atoms with Crippen molar-refractivity contribution in [1.29, 1.82) is 0 Å². The van der Waals surface area contributed by atoms with Crippen LogP contribution in [-0.4, -0.2) is 53.5 Å². The highest BCUT2D eigenvalue weighted by Crippen LogP contribution is 2.41. The van der Waals surface area contributed by atoms with E-state index in [1.807, 2.05) is 19.1 Å². The minimum atomic E-state index is -0.246. The van der Waals surface area contributed by atoms with E-state index in [1.54, 1.807) is 22.9 Å². The zero-order valence-corrected chi connectivity index (χ0v) is 14.8. The van der Waals surface area contributed by atoms with Crippen molar-refractivity contribution in [2.24, 2.45) is 5.92 Å². The molecule has 7 heteroatoms. The molecule has 26 heavy (non-hydrogen) atoms. The van der Waals surface area contributed by atoms with Gasteiger partial charge in [0.15, 0.2) is 0 Å². The minimum Gasteiger partial charge on any atom is -0.493 e. The molecule has 2 atom stereocenters. The molecule has 2 aliphatic rings. The van der Waals surface area contributed by atoms with Crippen LogP contribution < -0.4 is 4.74 Å². The zero-order chi connectivity index (χ0) is 18.3. The lowest BCUT2D eigenvalue weighted by Gasteiger charge is -2.43. The molecule has 1 saturated heterocycles. The van der Waals surface area contributed by atoms with E-state index in [2.05, 4.69) is 11.2 Å². The molecule has 0 saturated carbocycles. The smallest absolute Gasteiger partial charge is 0.293 e. The Kier molecular flexibility index (Phi) is 4.14. The van der Waals surface area contributed by atoms with E-state index in [1.165, 1.54) is 6.20 Å². The minimum absolute atomic E-state index is 0.00887. The summed E-state index contributed by atoms with van der Waals surface area (Å²) >= 11 is 0. The molecule has 7 nitrogen and oxygen atoms in total. The Labute approximate surface area is 151 Å². The Bertz CT molecular complexity index is 833. The van der Waals surface area contributed by atoms with Gasteiger partial charge in [-0.2, -0.15) is 0 Å². The summed E-state index contributed by atoms with van der Waals surface area (Å²) in [6.45, 7) is 3.35. The molecule has 2 amide bonds. The summed E-state index contributed by atoms with van der Waals surface area (Å²) in [5.74, 6) is 0.746. The van der Waals surface area contributed by atoms with Gasteiger partial charge in [0.25, 0.3) is 5.91 Å². The summed E-state index contributed by atoms with van der Waals surface area (Å²) < 4.78 is 11.0. The van der Waals surface area contributed by atoms with Crippen LogP contribution in [0.3, 0.4) is 0 Å². The Hall–Kier alpha value is -2.83. The predicted molar refractivity (Wildman–Crippen MR) is 92.7 cm³/mol. The van der Waals surface area contributed by atoms with Gasteiger partial charge in [-0.05, 0) is 13.0 Å². The Morgan fingerprint density at radius 1 is 1.31 bits per heavy atom. The van der Waals surface area contributed by atoms with E-state index in [4.69, 9.17) is 9.26 Å². The van der Waals surface area contributed by atoms with E-state index in [9.17, 15) is 9.59 Å². The quantitative estimate of drug-likeness (QED) is 0.782. The van der Waals surface area contributed by atoms with Gasteiger partial charge >= 0.3 is 0 Å². The van der Waals surface area contributed by atoms with Crippen molar-refractivity contribution in [3.05, 3.63) is 47.3 Å². The maximum absolute atomic E-state index is 13.1. The second-order valence-corrected chi connectivity index (χ2v) is 6.96. The molecule has 1 aromatic carbocycles. The van der Waals surface area contributed by atoms with Gasteiger partial charge in [-0.15, -0.1) is 0 Å². The topological polar surface area (TPSA) is 75.9 Å². The van der Waals surface area contributed by atoms with Gasteiger partial charge in [0.05, 0.1) is 18.8 Å². The van der Waals surface area contributed by atoms with Gasteiger partial charge in [-0.1, -0.05) is 22.9 Å². The van der Waals surface area contributed by atoms with Crippen LogP contribution in [0, 0.1) is 12.8 Å². The van der Waals surface area contributed by atoms with Crippen LogP contribution in [0.25, 0.3) is 0 Å². The SMILES string of the molecule is Cc1ccc2c(c1)[C@@H]1[C@H](CO2)CN(C)C(=O)CCN1C(=O)c1ccno1. The third-order valence-electron chi connectivity index (χ3n) is 5.13. The Morgan fingerprint density at radius 2 is 2.15 bits per heavy atom. The molecule has 0 aliphatic carbocycles. The summed E-state index contributed by atoms with van der Waals surface area (Å²) in [4.78, 5) is 28.9. The number of nitrogens with zero attached hydrogens (tertiary/aromatic N) is 3. The van der Waals surface area contributed by atoms with Crippen LogP contribution >= 0.6 is 0 Å². The van der Waals surface area contributed by atoms with E-state index in [-0.39, 0.29) is 36.0 Å². The average Bonchev–Trinajstić information content (AvgIpc) is 3.16. The van der Waals surface area contributed by atoms with Crippen molar-refractivity contribution in [3.8, 4) is 5.75 Å². The molecule has 0 spiro atoms. The summed E-state index contributed by atoms with van der Waals surface area (Å²) in [6.07, 6.45) is 1.73. The molecule has 1 aromatic heterocycles. The lowest BCUT2D eigenvalue weighted by Crippen LogP contribution is -2.50. The monoisotopic (exact) mass is 355 g/mol. The summed E-state index contributed by atoms with van der Waals surface area (Å²) in [5, 5.41) is 3.65. The molecule has 0 bridgehead atoms. The fraction of sp³-hybridized carbons (Fsp3) is 0.421. The van der Waals surface area contributed by atoms with Crippen LogP contribution in [0.4, 0.5) is 0 Å². The molecule has 0 N–H and O–H groups in total. The number of benzene rings is 1. The van der Waals surface area contributed by atoms with Crippen LogP contribution in [0.15, 0.2) is 35.0 Å². The highest BCUT2D eigenvalue weighted by Gasteiger charge is 2.41. The van der Waals surface area contributed by atoms with Crippen LogP contribution in [0.5, 0.6) is 5.75 Å². The lowest BCUT2D eigenvalue weighted by atomic mass is 9.86. The van der Waals surface area contributed by atoms with E-state index in [0.717, 1.165) is 16.9 Å². The van der Waals surface area contributed by atoms with Gasteiger partial charge in [0.1, 0.15) is 5.75 Å². The van der Waals surface area contributed by atoms with E-state index in [0.29, 0.717) is 19.7 Å². The second-order valence-electron chi connectivity index (χ2n) is 6.96. The van der Waals surface area contributed by atoms with Gasteiger partial charge < -0.3 is 19.1 Å². The van der Waals surface area contributed by atoms with Gasteiger partial charge in [-0.25, -0.2) is 0 Å². The first-order chi connectivity index (χ1) is 12.5. The first kappa shape index (κ1) is 16.6. The zero-order valence-electron chi connectivity index (χ0n) is 14.8. The first-order valence-electron chi connectivity index (χ1n) is 8.73. The summed E-state index contributed by atoms with van der Waals surface area (Å²) in [5.41, 5.74) is 2.09. The molecule has 0 unspecified atom stereocenters. The van der Waals surface area contributed by atoms with Crippen LogP contribution in [0.1, 0.15) is 34.1 Å². The Morgan fingerprint density at radius 3 is 2.92 bits per heavy atom. The molecule has 2 aromatic rings. The van der Waals surface area contributed by atoms with Gasteiger partial charge in [-0.3, -0.25) is 9.59 Å². The number of rotatable bonds is 1. The van der Waals surface area contributed by atoms with Crippen molar-refractivity contribution in [3.63, 3.8) is 0 Å². The van der Waals surface area contributed by atoms with Crippen molar-refractivity contribution in [2.45, 2.75) is 19.4 Å². The average molecular weight is 355 g/mol. The molecule has 4 rings (SSSR count). The molecule has 0 radical (unpaired) electrons. The maximum Gasteiger partial charge on any atom is 0.293 e. The highest BCUT2D eigenvalue weighted by molar-refractivity contribution is 5.92. The fourth-order valence-electron chi connectivity index (χ4n) is 3.84. The standard InChI is InChI=1S/C19H21N3O4/c1-12-3-4-15-14(9-12)18-13(11-25-15)10-21(2)17(23)6-8-22(18)19(24)16-5-7-20-26-16/h3-5,7,9,13,18H,6,8,10-11H2,1-2H3/t13-,18-/m0/s1. The number of ether oxygens (including phenoxy) is 1. The molecule has 1 fully saturated rings. The molecule has 3 heterocycles. The lowest BCUT2D eigenvalue weighted by molar-refractivity contribution is -0.132. The predicted octanol–water partition coefficient (Wildman–Crippen LogP) is 2.04. The molecule has 2 aliphatic heterocycles. The van der Waals surface area contributed by atoms with Crippen LogP contribution in [-0.2, 0) is 4.79 Å². The molecule has 136 valence electrons. The van der Waals surface area contributed by atoms with Crippen molar-refractivity contribution >= 4 is 11.8 Å². The van der Waals surface area contributed by atoms with Gasteiger partial charge in [0.2, 0.25) is 11.7 Å². The van der Waals surface area contributed by atoms with E-state index < -0.39 is 0 Å². The molecular formula is C19H21N3O4. The van der Waals surface area contributed by atoms with E-state index >= 15 is 0 Å². The number of carbonyl (C=O) groups excluding carboxylic acids is 2. The second kappa shape index (κ2) is 6.48. The number of hydrogen-bond donors (Lipinski definition) is 0. The van der Waals surface area contributed by atoms with Crippen LogP contribution in [0.2, 0.25) is 0 Å². The fourth-order valence-corrected chi connectivity index (χ4v) is 3.84. The summed E-state index contributed by atoms with van der Waals surface area (Å²) in [7, 11) is 1.80. The molecular weight excluding hydrogens is 334 g/mol. The van der Waals surface area contributed by atoms with Crippen molar-refractivity contribution in [2.75, 3.05) is 26.7 Å². The number of amides is 2. The number of aryl methyl sites for hydroxylation is 1. The maximum atomic E-state index is 13.1. The number of hydrogen-bond acceptors (Lipinski definition) is 5. The summed E-state index contributed by atoms with van der Waals surface area (Å²) in [6, 6.07) is 7.40. The normalized spacial score (nSPS) is 22.8. The van der Waals surface area contributed by atoms with Crippen molar-refractivity contribution < 1.29 is 18.8 Å². The largest absolute Gasteiger partial charge is 0.493 e. The van der Waals surface area contributed by atoms with Gasteiger partial charge in [0, 0.05) is 44.1 Å². The third-order valence-corrected chi connectivity index (χ3v) is 5.13. The third kappa shape index (κ3) is 2.83. The number of fused-ring (bicyclic) bond motifs is 3. The number of carbonyl (C=O) groups is 2. The Balaban J connectivity index is 1.79. The first-order valence-corrected chi connectivity index (χ1v) is 8.73.